The summed E-state index contributed by atoms with van der Waals surface area (Å²) in [6.45, 7) is 1.95. The average molecular weight is 430 g/mol. The van der Waals surface area contributed by atoms with E-state index in [1.165, 1.54) is 0 Å². The molecule has 5 rings (SSSR count). The highest BCUT2D eigenvalue weighted by Crippen LogP contribution is 2.34. The predicted octanol–water partition coefficient (Wildman–Crippen LogP) is 5.73. The van der Waals surface area contributed by atoms with Crippen molar-refractivity contribution < 1.29 is 9.47 Å². The molecule has 0 aliphatic heterocycles. The predicted molar refractivity (Wildman–Crippen MR) is 122 cm³/mol. The molecule has 2 aromatic carbocycles. The van der Waals surface area contributed by atoms with Crippen LogP contribution in [0.3, 0.4) is 0 Å². The largest absolute Gasteiger partial charge is 0.494 e. The molecule has 0 fully saturated rings. The molecular formula is C23H19N5O2S. The van der Waals surface area contributed by atoms with Gasteiger partial charge in [-0.2, -0.15) is 4.98 Å². The quantitative estimate of drug-likeness (QED) is 0.372. The fourth-order valence-electron chi connectivity index (χ4n) is 3.21. The van der Waals surface area contributed by atoms with Gasteiger partial charge in [0.05, 0.1) is 30.3 Å². The number of thiophene rings is 1. The summed E-state index contributed by atoms with van der Waals surface area (Å²) in [5, 5.41) is 5.25. The fourth-order valence-corrected chi connectivity index (χ4v) is 3.97. The van der Waals surface area contributed by atoms with Gasteiger partial charge >= 0.3 is 0 Å². The molecule has 0 aliphatic carbocycles. The van der Waals surface area contributed by atoms with E-state index >= 15 is 0 Å². The monoisotopic (exact) mass is 429 g/mol. The maximum absolute atomic E-state index is 6.04. The molecule has 0 aliphatic rings. The second-order valence-electron chi connectivity index (χ2n) is 6.84. The molecule has 0 saturated carbocycles. The topological polar surface area (TPSA) is 74.1 Å². The lowest BCUT2D eigenvalue weighted by Gasteiger charge is -2.13. The second kappa shape index (κ2) is 8.08. The minimum absolute atomic E-state index is 0.449. The maximum Gasteiger partial charge on any atom is 0.242 e. The third kappa shape index (κ3) is 3.93. The van der Waals surface area contributed by atoms with E-state index in [-0.39, 0.29) is 0 Å². The number of anilines is 2. The summed E-state index contributed by atoms with van der Waals surface area (Å²) in [7, 11) is 1.64. The number of nitrogens with zero attached hydrogens (tertiary/aromatic N) is 4. The SMILES string of the molecule is COc1cc(Nc2nc(Oc3ccccc3)c3sccc3n2)ccc1-n1cnc(C)c1. The first-order valence-corrected chi connectivity index (χ1v) is 10.5. The van der Waals surface area contributed by atoms with E-state index < -0.39 is 0 Å². The van der Waals surface area contributed by atoms with Gasteiger partial charge in [0.2, 0.25) is 11.8 Å². The number of imidazole rings is 1. The third-order valence-electron chi connectivity index (χ3n) is 4.66. The number of hydrogen-bond donors (Lipinski definition) is 1. The summed E-state index contributed by atoms with van der Waals surface area (Å²) < 4.78 is 14.5. The molecule has 0 saturated heterocycles. The van der Waals surface area contributed by atoms with E-state index in [0.717, 1.165) is 33.0 Å². The van der Waals surface area contributed by atoms with Crippen LogP contribution >= 0.6 is 11.3 Å². The van der Waals surface area contributed by atoms with Gasteiger partial charge in [0.1, 0.15) is 16.2 Å². The lowest BCUT2D eigenvalue weighted by Crippen LogP contribution is -2.01. The normalized spacial score (nSPS) is 10.9. The number of methoxy groups -OCH3 is 1. The second-order valence-corrected chi connectivity index (χ2v) is 7.75. The Morgan fingerprint density at radius 3 is 2.68 bits per heavy atom. The zero-order valence-corrected chi connectivity index (χ0v) is 17.8. The van der Waals surface area contributed by atoms with Crippen molar-refractivity contribution in [1.29, 1.82) is 0 Å². The van der Waals surface area contributed by atoms with Crippen molar-refractivity contribution in [2.24, 2.45) is 0 Å². The number of hydrogen-bond acceptors (Lipinski definition) is 7. The highest BCUT2D eigenvalue weighted by molar-refractivity contribution is 7.17. The number of rotatable bonds is 6. The molecule has 3 heterocycles. The Bertz CT molecular complexity index is 1350. The average Bonchev–Trinajstić information content (AvgIpc) is 3.43. The Labute approximate surface area is 183 Å². The maximum atomic E-state index is 6.04. The Morgan fingerprint density at radius 1 is 1.03 bits per heavy atom. The van der Waals surface area contributed by atoms with Gasteiger partial charge in [-0.3, -0.25) is 0 Å². The smallest absolute Gasteiger partial charge is 0.242 e. The number of nitrogens with one attached hydrogen (secondary N) is 1. The van der Waals surface area contributed by atoms with Crippen molar-refractivity contribution in [3.05, 3.63) is 78.2 Å². The lowest BCUT2D eigenvalue weighted by atomic mass is 10.2. The molecule has 0 amide bonds. The van der Waals surface area contributed by atoms with E-state index in [1.54, 1.807) is 24.8 Å². The first-order valence-electron chi connectivity index (χ1n) is 9.64. The number of aromatic nitrogens is 4. The molecule has 31 heavy (non-hydrogen) atoms. The molecule has 5 aromatic rings. The van der Waals surface area contributed by atoms with Crippen LogP contribution in [0.25, 0.3) is 15.9 Å². The highest BCUT2D eigenvalue weighted by Gasteiger charge is 2.13. The van der Waals surface area contributed by atoms with Crippen LogP contribution in [-0.4, -0.2) is 26.6 Å². The number of aryl methyl sites for hydroxylation is 1. The highest BCUT2D eigenvalue weighted by atomic mass is 32.1. The summed E-state index contributed by atoms with van der Waals surface area (Å²) in [6.07, 6.45) is 3.72. The van der Waals surface area contributed by atoms with Gasteiger partial charge in [-0.05, 0) is 42.6 Å². The van der Waals surface area contributed by atoms with E-state index in [9.17, 15) is 0 Å². The summed E-state index contributed by atoms with van der Waals surface area (Å²) in [4.78, 5) is 13.5. The van der Waals surface area contributed by atoms with Crippen molar-refractivity contribution in [1.82, 2.24) is 19.5 Å². The molecule has 0 bridgehead atoms. The van der Waals surface area contributed by atoms with E-state index in [0.29, 0.717) is 17.6 Å². The molecule has 3 aromatic heterocycles. The Morgan fingerprint density at radius 2 is 1.90 bits per heavy atom. The summed E-state index contributed by atoms with van der Waals surface area (Å²) in [5.41, 5.74) is 3.47. The molecular weight excluding hydrogens is 410 g/mol. The Hall–Kier alpha value is -3.91. The molecule has 1 N–H and O–H groups in total. The van der Waals surface area contributed by atoms with Crippen molar-refractivity contribution in [3.8, 4) is 23.1 Å². The van der Waals surface area contributed by atoms with Gasteiger partial charge in [0, 0.05) is 18.0 Å². The van der Waals surface area contributed by atoms with Crippen LogP contribution in [0.2, 0.25) is 0 Å². The third-order valence-corrected chi connectivity index (χ3v) is 5.55. The van der Waals surface area contributed by atoms with Gasteiger partial charge in [0.15, 0.2) is 0 Å². The van der Waals surface area contributed by atoms with Crippen molar-refractivity contribution in [2.45, 2.75) is 6.92 Å². The van der Waals surface area contributed by atoms with Crippen LogP contribution in [0.4, 0.5) is 11.6 Å². The van der Waals surface area contributed by atoms with Crippen LogP contribution in [0.15, 0.2) is 72.5 Å². The van der Waals surface area contributed by atoms with Gasteiger partial charge in [-0.1, -0.05) is 18.2 Å². The fraction of sp³-hybridized carbons (Fsp3) is 0.0870. The molecule has 8 heteroatoms. The molecule has 0 unspecified atom stereocenters. The van der Waals surface area contributed by atoms with Crippen LogP contribution in [0.5, 0.6) is 17.4 Å². The lowest BCUT2D eigenvalue weighted by molar-refractivity contribution is 0.413. The van der Waals surface area contributed by atoms with Gasteiger partial charge < -0.3 is 19.4 Å². The van der Waals surface area contributed by atoms with Crippen molar-refractivity contribution in [3.63, 3.8) is 0 Å². The summed E-state index contributed by atoms with van der Waals surface area (Å²) >= 11 is 1.55. The van der Waals surface area contributed by atoms with Crippen LogP contribution in [-0.2, 0) is 0 Å². The molecule has 7 nitrogen and oxygen atoms in total. The minimum atomic E-state index is 0.449. The number of ether oxygens (including phenoxy) is 2. The van der Waals surface area contributed by atoms with Gasteiger partial charge in [0.25, 0.3) is 0 Å². The van der Waals surface area contributed by atoms with Crippen molar-refractivity contribution >= 4 is 33.2 Å². The Kier molecular flexibility index (Phi) is 4.97. The summed E-state index contributed by atoms with van der Waals surface area (Å²) in [5.74, 6) is 2.40. The van der Waals surface area contributed by atoms with Crippen LogP contribution < -0.4 is 14.8 Å². The number of fused-ring (bicyclic) bond motifs is 1. The number of para-hydroxylation sites is 1. The van der Waals surface area contributed by atoms with E-state index in [4.69, 9.17) is 9.47 Å². The molecule has 154 valence electrons. The van der Waals surface area contributed by atoms with Gasteiger partial charge in [-0.15, -0.1) is 11.3 Å². The summed E-state index contributed by atoms with van der Waals surface area (Å²) in [6, 6.07) is 17.4. The van der Waals surface area contributed by atoms with E-state index in [1.807, 2.05) is 77.7 Å². The zero-order chi connectivity index (χ0) is 21.2. The number of benzene rings is 2. The molecule has 0 spiro atoms. The van der Waals surface area contributed by atoms with Gasteiger partial charge in [-0.25, -0.2) is 9.97 Å². The zero-order valence-electron chi connectivity index (χ0n) is 16.9. The van der Waals surface area contributed by atoms with Crippen LogP contribution in [0.1, 0.15) is 5.69 Å². The van der Waals surface area contributed by atoms with Crippen molar-refractivity contribution in [2.75, 3.05) is 12.4 Å². The van der Waals surface area contributed by atoms with E-state index in [2.05, 4.69) is 20.3 Å². The Balaban J connectivity index is 1.47. The standard InChI is InChI=1S/C23H19N5O2S/c1-15-13-28(14-24-15)19-9-8-16(12-20(19)29-2)25-23-26-18-10-11-31-21(18)22(27-23)30-17-6-4-3-5-7-17/h3-14H,1-2H3,(H,25,26,27). The van der Waals surface area contributed by atoms with Crippen LogP contribution in [0, 0.1) is 6.92 Å². The molecule has 0 radical (unpaired) electrons. The first kappa shape index (κ1) is 19.1. The first-order chi connectivity index (χ1) is 15.2. The minimum Gasteiger partial charge on any atom is -0.494 e. The molecule has 0 atom stereocenters.